The van der Waals surface area contributed by atoms with E-state index < -0.39 is 5.60 Å². The maximum Gasteiger partial charge on any atom is 0.268 e. The number of hydrogen-bond acceptors (Lipinski definition) is 5. The van der Waals surface area contributed by atoms with Crippen LogP contribution in [-0.4, -0.2) is 34.6 Å². The SMILES string of the molecule is CCN(Cc1cc(C(=O)NN)co1)CC(C)(C)O. The summed E-state index contributed by atoms with van der Waals surface area (Å²) in [6.07, 6.45) is 1.37. The van der Waals surface area contributed by atoms with E-state index in [2.05, 4.69) is 0 Å². The van der Waals surface area contributed by atoms with Gasteiger partial charge in [-0.3, -0.25) is 15.1 Å². The lowest BCUT2D eigenvalue weighted by molar-refractivity contribution is 0.0333. The van der Waals surface area contributed by atoms with Crippen LogP contribution < -0.4 is 11.3 Å². The van der Waals surface area contributed by atoms with E-state index in [0.717, 1.165) is 6.54 Å². The van der Waals surface area contributed by atoms with E-state index in [1.54, 1.807) is 19.9 Å². The summed E-state index contributed by atoms with van der Waals surface area (Å²) in [6, 6.07) is 1.65. The zero-order valence-electron chi connectivity index (χ0n) is 11.1. The lowest BCUT2D eigenvalue weighted by atomic mass is 10.1. The first-order valence-corrected chi connectivity index (χ1v) is 5.89. The van der Waals surface area contributed by atoms with Crippen LogP contribution in [0.1, 0.15) is 36.9 Å². The number of furan rings is 1. The maximum atomic E-state index is 11.3. The summed E-state index contributed by atoms with van der Waals surface area (Å²) in [5.41, 5.74) is 1.68. The summed E-state index contributed by atoms with van der Waals surface area (Å²) in [5.74, 6) is 5.33. The molecule has 0 aliphatic carbocycles. The molecule has 6 nitrogen and oxygen atoms in total. The van der Waals surface area contributed by atoms with Crippen LogP contribution in [-0.2, 0) is 6.54 Å². The standard InChI is InChI=1S/C12H21N3O3/c1-4-15(8-12(2,3)17)6-10-5-9(7-18-10)11(16)14-13/h5,7,17H,4,6,8,13H2,1-3H3,(H,14,16). The molecule has 4 N–H and O–H groups in total. The molecule has 1 rings (SSSR count). The number of likely N-dealkylation sites (N-methyl/N-ethyl adjacent to an activating group) is 1. The molecule has 0 saturated carbocycles. The third kappa shape index (κ3) is 4.48. The monoisotopic (exact) mass is 255 g/mol. The number of nitrogen functional groups attached to an aromatic ring is 1. The summed E-state index contributed by atoms with van der Waals surface area (Å²) in [4.78, 5) is 13.3. The van der Waals surface area contributed by atoms with Gasteiger partial charge in [0.1, 0.15) is 12.0 Å². The predicted octanol–water partition coefficient (Wildman–Crippen LogP) is 0.476. The van der Waals surface area contributed by atoms with Crippen molar-refractivity contribution in [2.75, 3.05) is 13.1 Å². The molecular weight excluding hydrogens is 234 g/mol. The molecule has 0 aliphatic heterocycles. The summed E-state index contributed by atoms with van der Waals surface area (Å²) < 4.78 is 5.29. The molecule has 1 aromatic heterocycles. The fourth-order valence-electron chi connectivity index (χ4n) is 1.71. The highest BCUT2D eigenvalue weighted by molar-refractivity contribution is 5.93. The van der Waals surface area contributed by atoms with E-state index in [0.29, 0.717) is 24.4 Å². The first-order valence-electron chi connectivity index (χ1n) is 5.89. The van der Waals surface area contributed by atoms with Crippen molar-refractivity contribution >= 4 is 5.91 Å². The minimum Gasteiger partial charge on any atom is -0.467 e. The van der Waals surface area contributed by atoms with Gasteiger partial charge in [0.15, 0.2) is 0 Å². The molecule has 0 fully saturated rings. The Kier molecular flexibility index (Phi) is 4.89. The summed E-state index contributed by atoms with van der Waals surface area (Å²) in [7, 11) is 0. The normalized spacial score (nSPS) is 11.9. The van der Waals surface area contributed by atoms with Crippen LogP contribution in [0.15, 0.2) is 16.7 Å². The van der Waals surface area contributed by atoms with Gasteiger partial charge in [-0.15, -0.1) is 0 Å². The van der Waals surface area contributed by atoms with Gasteiger partial charge in [-0.25, -0.2) is 5.84 Å². The molecule has 6 heteroatoms. The van der Waals surface area contributed by atoms with Crippen molar-refractivity contribution in [1.82, 2.24) is 10.3 Å². The van der Waals surface area contributed by atoms with Gasteiger partial charge in [0.05, 0.1) is 17.7 Å². The van der Waals surface area contributed by atoms with Gasteiger partial charge in [-0.1, -0.05) is 6.92 Å². The van der Waals surface area contributed by atoms with Gasteiger partial charge in [0, 0.05) is 6.54 Å². The minimum absolute atomic E-state index is 0.379. The number of hydrazine groups is 1. The van der Waals surface area contributed by atoms with Gasteiger partial charge >= 0.3 is 0 Å². The predicted molar refractivity (Wildman–Crippen MR) is 67.6 cm³/mol. The Labute approximate surface area is 107 Å². The van der Waals surface area contributed by atoms with Gasteiger partial charge in [0.2, 0.25) is 0 Å². The third-order valence-electron chi connectivity index (χ3n) is 2.48. The molecule has 1 amide bonds. The first-order chi connectivity index (χ1) is 8.35. The summed E-state index contributed by atoms with van der Waals surface area (Å²) in [5, 5.41) is 9.78. The topological polar surface area (TPSA) is 91.7 Å². The number of nitrogens with one attached hydrogen (secondary N) is 1. The number of nitrogens with zero attached hydrogens (tertiary/aromatic N) is 1. The van der Waals surface area contributed by atoms with Gasteiger partial charge in [-0.2, -0.15) is 0 Å². The molecule has 18 heavy (non-hydrogen) atoms. The second-order valence-electron chi connectivity index (χ2n) is 4.89. The lowest BCUT2D eigenvalue weighted by Crippen LogP contribution is -2.38. The largest absolute Gasteiger partial charge is 0.467 e. The van der Waals surface area contributed by atoms with E-state index in [1.807, 2.05) is 17.2 Å². The number of hydrogen-bond donors (Lipinski definition) is 3. The number of rotatable bonds is 6. The minimum atomic E-state index is -0.764. The number of carbonyl (C=O) groups is 1. The van der Waals surface area contributed by atoms with Crippen molar-refractivity contribution in [2.45, 2.75) is 32.9 Å². The zero-order chi connectivity index (χ0) is 13.8. The highest BCUT2D eigenvalue weighted by Crippen LogP contribution is 2.13. The second-order valence-corrected chi connectivity index (χ2v) is 4.89. The summed E-state index contributed by atoms with van der Waals surface area (Å²) >= 11 is 0. The van der Waals surface area contributed by atoms with Crippen LogP contribution >= 0.6 is 0 Å². The number of aliphatic hydroxyl groups is 1. The second kappa shape index (κ2) is 5.99. The molecule has 0 aromatic carbocycles. The van der Waals surface area contributed by atoms with Crippen molar-refractivity contribution in [2.24, 2.45) is 5.84 Å². The van der Waals surface area contributed by atoms with E-state index in [-0.39, 0.29) is 5.91 Å². The Balaban J connectivity index is 2.65. The Bertz CT molecular complexity index is 396. The molecule has 0 radical (unpaired) electrons. The lowest BCUT2D eigenvalue weighted by Gasteiger charge is -2.27. The van der Waals surface area contributed by atoms with Crippen LogP contribution in [0.3, 0.4) is 0 Å². The van der Waals surface area contributed by atoms with Crippen molar-refractivity contribution in [3.63, 3.8) is 0 Å². The van der Waals surface area contributed by atoms with Crippen LogP contribution in [0, 0.1) is 0 Å². The molecule has 0 unspecified atom stereocenters. The molecular formula is C12H21N3O3. The van der Waals surface area contributed by atoms with Gasteiger partial charge in [-0.05, 0) is 26.5 Å². The highest BCUT2D eigenvalue weighted by atomic mass is 16.3. The molecule has 0 bridgehead atoms. The van der Waals surface area contributed by atoms with Crippen LogP contribution in [0.25, 0.3) is 0 Å². The van der Waals surface area contributed by atoms with Gasteiger partial charge in [0.25, 0.3) is 5.91 Å². The molecule has 0 atom stereocenters. The number of nitrogens with two attached hydrogens (primary N) is 1. The van der Waals surface area contributed by atoms with Crippen molar-refractivity contribution in [3.8, 4) is 0 Å². The molecule has 1 aromatic rings. The van der Waals surface area contributed by atoms with Crippen molar-refractivity contribution < 1.29 is 14.3 Å². The van der Waals surface area contributed by atoms with Crippen LogP contribution in [0.4, 0.5) is 0 Å². The average molecular weight is 255 g/mol. The fraction of sp³-hybridized carbons (Fsp3) is 0.583. The quantitative estimate of drug-likeness (QED) is 0.390. The van der Waals surface area contributed by atoms with E-state index in [4.69, 9.17) is 10.3 Å². The smallest absolute Gasteiger partial charge is 0.268 e. The Morgan fingerprint density at radius 3 is 2.78 bits per heavy atom. The van der Waals surface area contributed by atoms with Crippen molar-refractivity contribution in [3.05, 3.63) is 23.7 Å². The third-order valence-corrected chi connectivity index (χ3v) is 2.48. The van der Waals surface area contributed by atoms with Crippen LogP contribution in [0.2, 0.25) is 0 Å². The van der Waals surface area contributed by atoms with E-state index >= 15 is 0 Å². The number of carbonyl (C=O) groups excluding carboxylic acids is 1. The van der Waals surface area contributed by atoms with Crippen LogP contribution in [0.5, 0.6) is 0 Å². The van der Waals surface area contributed by atoms with Gasteiger partial charge < -0.3 is 9.52 Å². The Hall–Kier alpha value is -1.37. The average Bonchev–Trinajstić information content (AvgIpc) is 2.73. The highest BCUT2D eigenvalue weighted by Gasteiger charge is 2.18. The number of amides is 1. The molecule has 0 spiro atoms. The molecule has 0 aliphatic rings. The Morgan fingerprint density at radius 2 is 2.28 bits per heavy atom. The Morgan fingerprint density at radius 1 is 1.61 bits per heavy atom. The van der Waals surface area contributed by atoms with Crippen molar-refractivity contribution in [1.29, 1.82) is 0 Å². The fourth-order valence-corrected chi connectivity index (χ4v) is 1.71. The molecule has 0 saturated heterocycles. The first kappa shape index (κ1) is 14.7. The zero-order valence-corrected chi connectivity index (χ0v) is 11.1. The van der Waals surface area contributed by atoms with E-state index in [1.165, 1.54) is 6.26 Å². The molecule has 102 valence electrons. The maximum absolute atomic E-state index is 11.3. The van der Waals surface area contributed by atoms with E-state index in [9.17, 15) is 9.90 Å². The summed E-state index contributed by atoms with van der Waals surface area (Å²) in [6.45, 7) is 7.36. The molecule has 1 heterocycles.